The fourth-order valence-electron chi connectivity index (χ4n) is 3.39. The molecule has 2 heterocycles. The van der Waals surface area contributed by atoms with Crippen LogP contribution in [0.1, 0.15) is 33.1 Å². The van der Waals surface area contributed by atoms with E-state index in [1.807, 2.05) is 5.57 Å². The third kappa shape index (κ3) is 0.451. The molecule has 11 heavy (non-hydrogen) atoms. The van der Waals surface area contributed by atoms with E-state index < -0.39 is 0 Å². The van der Waals surface area contributed by atoms with Crippen molar-refractivity contribution in [2.45, 2.75) is 44.7 Å². The summed E-state index contributed by atoms with van der Waals surface area (Å²) >= 11 is 0. The standard InChI is InChI=1S/C10H15N/c1-3-9-10-5-4-8(10)7(2)6-11(9)10/h9H,3-6H2,1-2H3. The summed E-state index contributed by atoms with van der Waals surface area (Å²) in [5, 5.41) is 0. The summed E-state index contributed by atoms with van der Waals surface area (Å²) in [7, 11) is 0. The lowest BCUT2D eigenvalue weighted by Gasteiger charge is -2.29. The summed E-state index contributed by atoms with van der Waals surface area (Å²) < 4.78 is 0. The van der Waals surface area contributed by atoms with Crippen LogP contribution in [0.5, 0.6) is 0 Å². The lowest BCUT2D eigenvalue weighted by atomic mass is 9.74. The molecule has 0 N–H and O–H groups in total. The Hall–Kier alpha value is -0.300. The molecule has 2 aliphatic heterocycles. The van der Waals surface area contributed by atoms with Gasteiger partial charge in [0, 0.05) is 12.6 Å². The van der Waals surface area contributed by atoms with Crippen LogP contribution in [0.15, 0.2) is 11.1 Å². The van der Waals surface area contributed by atoms with Crippen molar-refractivity contribution < 1.29 is 0 Å². The summed E-state index contributed by atoms with van der Waals surface area (Å²) in [6.45, 7) is 5.92. The highest BCUT2D eigenvalue weighted by atomic mass is 15.4. The minimum atomic E-state index is 0.652. The van der Waals surface area contributed by atoms with E-state index in [0.29, 0.717) is 5.54 Å². The van der Waals surface area contributed by atoms with Gasteiger partial charge in [-0.05, 0) is 31.8 Å². The topological polar surface area (TPSA) is 3.01 Å². The van der Waals surface area contributed by atoms with Crippen molar-refractivity contribution >= 4 is 0 Å². The SMILES string of the molecule is CCC1N2CC(C)=C3CCC312. The summed E-state index contributed by atoms with van der Waals surface area (Å²) in [6.07, 6.45) is 4.22. The molecule has 0 bridgehead atoms. The molecule has 3 aliphatic rings. The van der Waals surface area contributed by atoms with Gasteiger partial charge in [0.2, 0.25) is 0 Å². The predicted molar refractivity (Wildman–Crippen MR) is 45.5 cm³/mol. The maximum absolute atomic E-state index is 2.70. The number of rotatable bonds is 1. The van der Waals surface area contributed by atoms with Crippen LogP contribution in [0.25, 0.3) is 0 Å². The van der Waals surface area contributed by atoms with Crippen LogP contribution in [-0.2, 0) is 0 Å². The van der Waals surface area contributed by atoms with Gasteiger partial charge in [-0.2, -0.15) is 0 Å². The molecular formula is C10H15N. The summed E-state index contributed by atoms with van der Waals surface area (Å²) in [5.41, 5.74) is 4.14. The van der Waals surface area contributed by atoms with Crippen LogP contribution < -0.4 is 0 Å². The van der Waals surface area contributed by atoms with E-state index in [0.717, 1.165) is 6.04 Å². The van der Waals surface area contributed by atoms with Gasteiger partial charge in [-0.15, -0.1) is 0 Å². The molecule has 1 spiro atoms. The van der Waals surface area contributed by atoms with Crippen LogP contribution >= 0.6 is 0 Å². The first kappa shape index (κ1) is 6.24. The van der Waals surface area contributed by atoms with Gasteiger partial charge in [0.15, 0.2) is 0 Å². The smallest absolute Gasteiger partial charge is 0.0589 e. The fourth-order valence-corrected chi connectivity index (χ4v) is 3.39. The largest absolute Gasteiger partial charge is 0.283 e. The highest BCUT2D eigenvalue weighted by molar-refractivity contribution is 5.50. The third-order valence-corrected chi connectivity index (χ3v) is 3.96. The third-order valence-electron chi connectivity index (χ3n) is 3.96. The van der Waals surface area contributed by atoms with E-state index in [2.05, 4.69) is 18.7 Å². The summed E-state index contributed by atoms with van der Waals surface area (Å²) in [6, 6.07) is 0.940. The van der Waals surface area contributed by atoms with Gasteiger partial charge in [-0.3, -0.25) is 4.90 Å². The Morgan fingerprint density at radius 1 is 1.64 bits per heavy atom. The van der Waals surface area contributed by atoms with E-state index in [4.69, 9.17) is 0 Å². The Labute approximate surface area is 68.1 Å². The molecule has 2 fully saturated rings. The molecule has 0 radical (unpaired) electrons. The zero-order chi connectivity index (χ0) is 7.64. The molecule has 1 saturated heterocycles. The van der Waals surface area contributed by atoms with E-state index in [1.54, 1.807) is 5.57 Å². The highest BCUT2D eigenvalue weighted by Gasteiger charge is 2.70. The van der Waals surface area contributed by atoms with Crippen LogP contribution in [-0.4, -0.2) is 23.0 Å². The molecule has 3 unspecified atom stereocenters. The van der Waals surface area contributed by atoms with Gasteiger partial charge < -0.3 is 0 Å². The second-order valence-electron chi connectivity index (χ2n) is 4.24. The Kier molecular flexibility index (Phi) is 0.885. The van der Waals surface area contributed by atoms with Crippen LogP contribution in [0.4, 0.5) is 0 Å². The van der Waals surface area contributed by atoms with Crippen molar-refractivity contribution in [3.8, 4) is 0 Å². The number of nitrogens with zero attached hydrogens (tertiary/aromatic N) is 1. The normalized spacial score (nSPS) is 51.8. The van der Waals surface area contributed by atoms with E-state index in [1.165, 1.54) is 25.8 Å². The van der Waals surface area contributed by atoms with Gasteiger partial charge in [0.25, 0.3) is 0 Å². The average Bonchev–Trinajstić information content (AvgIpc) is 2.50. The first-order chi connectivity index (χ1) is 5.30. The molecule has 1 saturated carbocycles. The van der Waals surface area contributed by atoms with Gasteiger partial charge in [0.05, 0.1) is 5.54 Å². The maximum atomic E-state index is 2.70. The second kappa shape index (κ2) is 1.56. The van der Waals surface area contributed by atoms with E-state index in [-0.39, 0.29) is 0 Å². The van der Waals surface area contributed by atoms with E-state index in [9.17, 15) is 0 Å². The molecule has 0 amide bonds. The first-order valence-corrected chi connectivity index (χ1v) is 4.76. The monoisotopic (exact) mass is 149 g/mol. The van der Waals surface area contributed by atoms with Gasteiger partial charge in [0.1, 0.15) is 0 Å². The van der Waals surface area contributed by atoms with Gasteiger partial charge >= 0.3 is 0 Å². The molecule has 1 nitrogen and oxygen atoms in total. The fraction of sp³-hybridized carbons (Fsp3) is 0.800. The molecule has 0 aromatic heterocycles. The molecule has 1 aliphatic carbocycles. The maximum Gasteiger partial charge on any atom is 0.0589 e. The Morgan fingerprint density at radius 3 is 2.91 bits per heavy atom. The zero-order valence-electron chi connectivity index (χ0n) is 7.35. The second-order valence-corrected chi connectivity index (χ2v) is 4.24. The first-order valence-electron chi connectivity index (χ1n) is 4.76. The van der Waals surface area contributed by atoms with E-state index >= 15 is 0 Å². The lowest BCUT2D eigenvalue weighted by Crippen LogP contribution is -2.29. The number of hydrogen-bond donors (Lipinski definition) is 0. The highest BCUT2D eigenvalue weighted by Crippen LogP contribution is 2.64. The zero-order valence-corrected chi connectivity index (χ0v) is 7.35. The molecule has 0 aromatic carbocycles. The Balaban J connectivity index is 1.99. The van der Waals surface area contributed by atoms with Crippen molar-refractivity contribution in [2.24, 2.45) is 0 Å². The molecule has 1 heteroatoms. The van der Waals surface area contributed by atoms with Crippen molar-refractivity contribution in [3.63, 3.8) is 0 Å². The Morgan fingerprint density at radius 2 is 2.45 bits per heavy atom. The molecule has 0 aromatic rings. The van der Waals surface area contributed by atoms with Crippen LogP contribution in [0.2, 0.25) is 0 Å². The van der Waals surface area contributed by atoms with Crippen LogP contribution in [0.3, 0.4) is 0 Å². The minimum absolute atomic E-state index is 0.652. The average molecular weight is 149 g/mol. The van der Waals surface area contributed by atoms with Crippen LogP contribution in [0, 0.1) is 0 Å². The molecular weight excluding hydrogens is 134 g/mol. The quantitative estimate of drug-likeness (QED) is 0.407. The molecule has 60 valence electrons. The predicted octanol–water partition coefficient (Wildman–Crippen LogP) is 1.94. The number of hydrogen-bond acceptors (Lipinski definition) is 1. The minimum Gasteiger partial charge on any atom is -0.283 e. The summed E-state index contributed by atoms with van der Waals surface area (Å²) in [4.78, 5) is 2.70. The Bertz CT molecular complexity index is 254. The van der Waals surface area contributed by atoms with Crippen molar-refractivity contribution in [1.82, 2.24) is 4.90 Å². The van der Waals surface area contributed by atoms with Gasteiger partial charge in [-0.1, -0.05) is 12.5 Å². The van der Waals surface area contributed by atoms with Crippen molar-refractivity contribution in [3.05, 3.63) is 11.1 Å². The molecule has 3 rings (SSSR count). The van der Waals surface area contributed by atoms with Crippen molar-refractivity contribution in [1.29, 1.82) is 0 Å². The lowest BCUT2D eigenvalue weighted by molar-refractivity contribution is 0.418. The van der Waals surface area contributed by atoms with Crippen molar-refractivity contribution in [2.75, 3.05) is 6.54 Å². The van der Waals surface area contributed by atoms with Gasteiger partial charge in [-0.25, -0.2) is 0 Å². The molecule has 3 atom stereocenters. The summed E-state index contributed by atoms with van der Waals surface area (Å²) in [5.74, 6) is 0.